The Morgan fingerprint density at radius 1 is 0.854 bits per heavy atom. The highest BCUT2D eigenvalue weighted by atomic mass is 16.5. The Morgan fingerprint density at radius 3 is 2.34 bits per heavy atom. The van der Waals surface area contributed by atoms with Crippen LogP contribution >= 0.6 is 0 Å². The normalized spacial score (nSPS) is 14.9. The molecular weight excluding hydrogens is 508 g/mol. The maximum Gasteiger partial charge on any atom is 0.224 e. The number of nitrogens with zero attached hydrogens (tertiary/aromatic N) is 3. The lowest BCUT2D eigenvalue weighted by Gasteiger charge is -2.32. The van der Waals surface area contributed by atoms with Crippen molar-refractivity contribution in [2.75, 3.05) is 26.2 Å². The van der Waals surface area contributed by atoms with Crippen LogP contribution in [0.1, 0.15) is 30.1 Å². The highest BCUT2D eigenvalue weighted by molar-refractivity contribution is 5.83. The first-order chi connectivity index (χ1) is 20.2. The standard InChI is InChI=1S/C35H34N4O2/c40-35(30-16-20-39(21-17-30)22-23-41-32-15-14-27-8-4-5-9-31(27)24-32)38-34(33-25-36-18-19-37-33)29-12-10-28(11-13-29)26-6-2-1-3-7-26/h1-15,18-19,24-25,30,34H,16-17,20-23H2,(H,38,40). The Kier molecular flexibility index (Phi) is 8.29. The number of aromatic nitrogens is 2. The molecule has 2 heterocycles. The van der Waals surface area contributed by atoms with E-state index in [1.54, 1.807) is 18.6 Å². The minimum atomic E-state index is -0.352. The molecule has 0 bridgehead atoms. The van der Waals surface area contributed by atoms with E-state index < -0.39 is 0 Å². The first-order valence-electron chi connectivity index (χ1n) is 14.3. The summed E-state index contributed by atoms with van der Waals surface area (Å²) in [5.41, 5.74) is 4.02. The highest BCUT2D eigenvalue weighted by Crippen LogP contribution is 2.27. The fraction of sp³-hybridized carbons (Fsp3) is 0.229. The van der Waals surface area contributed by atoms with Crippen LogP contribution in [0.2, 0.25) is 0 Å². The predicted molar refractivity (Wildman–Crippen MR) is 163 cm³/mol. The van der Waals surface area contributed by atoms with E-state index in [4.69, 9.17) is 4.74 Å². The zero-order valence-corrected chi connectivity index (χ0v) is 23.0. The second kappa shape index (κ2) is 12.7. The van der Waals surface area contributed by atoms with Gasteiger partial charge in [-0.05, 0) is 65.5 Å². The van der Waals surface area contributed by atoms with Gasteiger partial charge in [-0.25, -0.2) is 0 Å². The van der Waals surface area contributed by atoms with Crippen molar-refractivity contribution in [3.8, 4) is 16.9 Å². The molecule has 6 nitrogen and oxygen atoms in total. The Bertz CT molecular complexity index is 1570. The van der Waals surface area contributed by atoms with Crippen molar-refractivity contribution in [2.45, 2.75) is 18.9 Å². The number of hydrogen-bond acceptors (Lipinski definition) is 5. The van der Waals surface area contributed by atoms with Gasteiger partial charge >= 0.3 is 0 Å². The van der Waals surface area contributed by atoms with Crippen LogP contribution in [-0.4, -0.2) is 47.0 Å². The first-order valence-corrected chi connectivity index (χ1v) is 14.3. The van der Waals surface area contributed by atoms with E-state index in [-0.39, 0.29) is 17.9 Å². The number of hydrogen-bond donors (Lipinski definition) is 1. The van der Waals surface area contributed by atoms with Crippen LogP contribution in [0.5, 0.6) is 5.75 Å². The summed E-state index contributed by atoms with van der Waals surface area (Å²) in [5.74, 6) is 0.931. The summed E-state index contributed by atoms with van der Waals surface area (Å²) in [4.78, 5) is 24.6. The van der Waals surface area contributed by atoms with E-state index in [0.717, 1.165) is 60.6 Å². The summed E-state index contributed by atoms with van der Waals surface area (Å²) in [6.07, 6.45) is 6.70. The molecule has 41 heavy (non-hydrogen) atoms. The Hall–Kier alpha value is -4.55. The summed E-state index contributed by atoms with van der Waals surface area (Å²) in [6.45, 7) is 3.22. The molecule has 0 spiro atoms. The lowest BCUT2D eigenvalue weighted by atomic mass is 9.94. The average molecular weight is 543 g/mol. The molecule has 1 amide bonds. The molecule has 1 aliphatic rings. The maximum absolute atomic E-state index is 13.5. The molecule has 1 fully saturated rings. The number of piperidine rings is 1. The van der Waals surface area contributed by atoms with Gasteiger partial charge in [-0.1, -0.05) is 84.9 Å². The smallest absolute Gasteiger partial charge is 0.224 e. The molecule has 1 unspecified atom stereocenters. The number of amides is 1. The molecule has 5 aromatic rings. The van der Waals surface area contributed by atoms with Crippen molar-refractivity contribution in [3.05, 3.63) is 127 Å². The van der Waals surface area contributed by atoms with Gasteiger partial charge in [0.15, 0.2) is 0 Å². The molecule has 206 valence electrons. The molecule has 0 saturated carbocycles. The van der Waals surface area contributed by atoms with Gasteiger partial charge in [0.25, 0.3) is 0 Å². The van der Waals surface area contributed by atoms with Crippen molar-refractivity contribution in [2.24, 2.45) is 5.92 Å². The molecule has 1 saturated heterocycles. The Labute approximate surface area is 241 Å². The maximum atomic E-state index is 13.5. The lowest BCUT2D eigenvalue weighted by Crippen LogP contribution is -2.43. The summed E-state index contributed by atoms with van der Waals surface area (Å²) in [5, 5.41) is 5.69. The number of ether oxygens (including phenoxy) is 1. The van der Waals surface area contributed by atoms with E-state index in [9.17, 15) is 4.79 Å². The van der Waals surface area contributed by atoms with Gasteiger partial charge in [0.05, 0.1) is 17.9 Å². The second-order valence-corrected chi connectivity index (χ2v) is 10.5. The molecule has 4 aromatic carbocycles. The van der Waals surface area contributed by atoms with Crippen LogP contribution in [0.15, 0.2) is 116 Å². The topological polar surface area (TPSA) is 67.4 Å². The highest BCUT2D eigenvalue weighted by Gasteiger charge is 2.28. The zero-order chi connectivity index (χ0) is 27.9. The monoisotopic (exact) mass is 542 g/mol. The first kappa shape index (κ1) is 26.7. The third-order valence-electron chi connectivity index (χ3n) is 7.87. The number of benzene rings is 4. The van der Waals surface area contributed by atoms with Crippen molar-refractivity contribution < 1.29 is 9.53 Å². The summed E-state index contributed by atoms with van der Waals surface area (Å²) in [6, 6.07) is 32.8. The van der Waals surface area contributed by atoms with Crippen molar-refractivity contribution in [1.29, 1.82) is 0 Å². The zero-order valence-electron chi connectivity index (χ0n) is 23.0. The predicted octanol–water partition coefficient (Wildman–Crippen LogP) is 6.29. The third-order valence-corrected chi connectivity index (χ3v) is 7.87. The molecule has 1 atom stereocenters. The van der Waals surface area contributed by atoms with Crippen molar-refractivity contribution >= 4 is 16.7 Å². The SMILES string of the molecule is O=C(NC(c1ccc(-c2ccccc2)cc1)c1cnccn1)C1CCN(CCOc2ccc3ccccc3c2)CC1. The van der Waals surface area contributed by atoms with Gasteiger partial charge in [-0.2, -0.15) is 0 Å². The number of likely N-dealkylation sites (tertiary alicyclic amines) is 1. The Morgan fingerprint density at radius 2 is 1.59 bits per heavy atom. The molecule has 6 heteroatoms. The van der Waals surface area contributed by atoms with E-state index in [2.05, 4.69) is 80.8 Å². The molecular formula is C35H34N4O2. The number of nitrogens with one attached hydrogen (secondary N) is 1. The van der Waals surface area contributed by atoms with Gasteiger partial charge in [0, 0.05) is 24.9 Å². The molecule has 1 aliphatic heterocycles. The van der Waals surface area contributed by atoms with Crippen LogP contribution in [-0.2, 0) is 4.79 Å². The van der Waals surface area contributed by atoms with Gasteiger partial charge in [-0.15, -0.1) is 0 Å². The van der Waals surface area contributed by atoms with Crippen molar-refractivity contribution in [1.82, 2.24) is 20.2 Å². The number of fused-ring (bicyclic) bond motifs is 1. The van der Waals surface area contributed by atoms with E-state index in [1.807, 2.05) is 36.4 Å². The Balaban J connectivity index is 1.04. The molecule has 1 aromatic heterocycles. The van der Waals surface area contributed by atoms with Crippen LogP contribution in [0, 0.1) is 5.92 Å². The van der Waals surface area contributed by atoms with Gasteiger partial charge in [-0.3, -0.25) is 19.7 Å². The van der Waals surface area contributed by atoms with Crippen LogP contribution in [0.25, 0.3) is 21.9 Å². The minimum absolute atomic E-state index is 0.0320. The van der Waals surface area contributed by atoms with Crippen molar-refractivity contribution in [3.63, 3.8) is 0 Å². The van der Waals surface area contributed by atoms with E-state index >= 15 is 0 Å². The molecule has 0 radical (unpaired) electrons. The van der Waals surface area contributed by atoms with Gasteiger partial charge < -0.3 is 10.1 Å². The quantitative estimate of drug-likeness (QED) is 0.237. The second-order valence-electron chi connectivity index (χ2n) is 10.5. The average Bonchev–Trinajstić information content (AvgIpc) is 3.05. The summed E-state index contributed by atoms with van der Waals surface area (Å²) >= 11 is 0. The molecule has 6 rings (SSSR count). The summed E-state index contributed by atoms with van der Waals surface area (Å²) < 4.78 is 6.04. The molecule has 0 aliphatic carbocycles. The van der Waals surface area contributed by atoms with Gasteiger partial charge in [0.1, 0.15) is 12.4 Å². The van der Waals surface area contributed by atoms with Crippen LogP contribution < -0.4 is 10.1 Å². The minimum Gasteiger partial charge on any atom is -0.492 e. The van der Waals surface area contributed by atoms with Gasteiger partial charge in [0.2, 0.25) is 5.91 Å². The fourth-order valence-electron chi connectivity index (χ4n) is 5.52. The third kappa shape index (κ3) is 6.61. The number of carbonyl (C=O) groups excluding carboxylic acids is 1. The van der Waals surface area contributed by atoms with E-state index in [0.29, 0.717) is 6.61 Å². The van der Waals surface area contributed by atoms with Crippen LogP contribution in [0.4, 0.5) is 0 Å². The number of carbonyl (C=O) groups is 1. The fourth-order valence-corrected chi connectivity index (χ4v) is 5.52. The van der Waals surface area contributed by atoms with E-state index in [1.165, 1.54) is 10.8 Å². The lowest BCUT2D eigenvalue weighted by molar-refractivity contribution is -0.127. The molecule has 1 N–H and O–H groups in total. The van der Waals surface area contributed by atoms with Crippen LogP contribution in [0.3, 0.4) is 0 Å². The number of rotatable bonds is 9. The summed E-state index contributed by atoms with van der Waals surface area (Å²) in [7, 11) is 0. The largest absolute Gasteiger partial charge is 0.492 e.